The maximum Gasteiger partial charge on any atom is 0.212 e. The highest BCUT2D eigenvalue weighted by Gasteiger charge is 2.13. The van der Waals surface area contributed by atoms with Crippen molar-refractivity contribution in [2.75, 3.05) is 13.7 Å². The quantitative estimate of drug-likeness (QED) is 0.834. The topological polar surface area (TPSA) is 61.3 Å². The molecule has 2 aromatic rings. The molecule has 0 aliphatic rings. The van der Waals surface area contributed by atoms with E-state index < -0.39 is 0 Å². The molecule has 0 spiro atoms. The number of ether oxygens (including phenoxy) is 1. The normalized spacial score (nSPS) is 13.1. The van der Waals surface area contributed by atoms with E-state index in [1.54, 1.807) is 19.2 Å². The third-order valence-corrected chi connectivity index (χ3v) is 2.78. The zero-order chi connectivity index (χ0) is 12.3. The number of methoxy groups -OCH3 is 1. The van der Waals surface area contributed by atoms with Crippen LogP contribution in [0.15, 0.2) is 22.6 Å². The van der Waals surface area contributed by atoms with E-state index in [4.69, 9.17) is 26.5 Å². The fraction of sp³-hybridized carbons (Fsp3) is 0.417. The van der Waals surface area contributed by atoms with Crippen LogP contribution in [-0.4, -0.2) is 18.7 Å². The van der Waals surface area contributed by atoms with E-state index in [1.165, 1.54) is 0 Å². The summed E-state index contributed by atoms with van der Waals surface area (Å²) < 4.78 is 10.6. The lowest BCUT2D eigenvalue weighted by atomic mass is 10.2. The van der Waals surface area contributed by atoms with Gasteiger partial charge in [0.2, 0.25) is 5.89 Å². The fourth-order valence-electron chi connectivity index (χ4n) is 1.65. The van der Waals surface area contributed by atoms with Crippen molar-refractivity contribution in [3.8, 4) is 0 Å². The van der Waals surface area contributed by atoms with Gasteiger partial charge >= 0.3 is 0 Å². The molecule has 17 heavy (non-hydrogen) atoms. The highest BCUT2D eigenvalue weighted by molar-refractivity contribution is 6.31. The second kappa shape index (κ2) is 5.49. The Labute approximate surface area is 105 Å². The number of fused-ring (bicyclic) bond motifs is 1. The summed E-state index contributed by atoms with van der Waals surface area (Å²) in [6.45, 7) is 0.694. The molecule has 0 amide bonds. The van der Waals surface area contributed by atoms with Crippen LogP contribution in [0.2, 0.25) is 5.02 Å². The maximum atomic E-state index is 5.99. The lowest BCUT2D eigenvalue weighted by Crippen LogP contribution is -2.11. The van der Waals surface area contributed by atoms with Crippen LogP contribution in [0.4, 0.5) is 0 Å². The molecule has 1 unspecified atom stereocenters. The van der Waals surface area contributed by atoms with Crippen molar-refractivity contribution in [1.82, 2.24) is 4.98 Å². The number of hydrogen-bond acceptors (Lipinski definition) is 4. The van der Waals surface area contributed by atoms with Gasteiger partial charge in [-0.15, -0.1) is 0 Å². The van der Waals surface area contributed by atoms with Crippen molar-refractivity contribution in [2.45, 2.75) is 18.9 Å². The molecule has 0 aliphatic carbocycles. The van der Waals surface area contributed by atoms with Crippen LogP contribution < -0.4 is 5.73 Å². The number of halogens is 1. The average molecular weight is 255 g/mol. The zero-order valence-corrected chi connectivity index (χ0v) is 10.4. The fourth-order valence-corrected chi connectivity index (χ4v) is 1.81. The van der Waals surface area contributed by atoms with Crippen LogP contribution in [-0.2, 0) is 4.74 Å². The Hall–Kier alpha value is -1.10. The van der Waals surface area contributed by atoms with Crippen molar-refractivity contribution in [3.63, 3.8) is 0 Å². The van der Waals surface area contributed by atoms with E-state index in [9.17, 15) is 0 Å². The van der Waals surface area contributed by atoms with Crippen molar-refractivity contribution in [1.29, 1.82) is 0 Å². The Morgan fingerprint density at radius 2 is 2.35 bits per heavy atom. The lowest BCUT2D eigenvalue weighted by molar-refractivity contribution is 0.189. The molecule has 2 N–H and O–H groups in total. The molecule has 4 nitrogen and oxygen atoms in total. The molecule has 1 aromatic heterocycles. The number of oxazole rings is 1. The standard InChI is InChI=1S/C12H15ClN2O2/c1-16-6-2-3-9(14)12-15-10-5-4-8(13)7-11(10)17-12/h4-5,7,9H,2-3,6,14H2,1H3. The minimum atomic E-state index is -0.198. The Bertz CT molecular complexity index is 498. The van der Waals surface area contributed by atoms with Gasteiger partial charge in [0, 0.05) is 24.8 Å². The van der Waals surface area contributed by atoms with Gasteiger partial charge in [-0.1, -0.05) is 11.6 Å². The van der Waals surface area contributed by atoms with Gasteiger partial charge in [-0.3, -0.25) is 0 Å². The number of aromatic nitrogens is 1. The molecule has 0 bridgehead atoms. The summed E-state index contributed by atoms with van der Waals surface area (Å²) in [5.41, 5.74) is 7.45. The third-order valence-electron chi connectivity index (χ3n) is 2.55. The highest BCUT2D eigenvalue weighted by atomic mass is 35.5. The van der Waals surface area contributed by atoms with E-state index in [-0.39, 0.29) is 6.04 Å². The van der Waals surface area contributed by atoms with Crippen LogP contribution in [0.3, 0.4) is 0 Å². The number of nitrogens with two attached hydrogens (primary N) is 1. The molecular weight excluding hydrogens is 240 g/mol. The van der Waals surface area contributed by atoms with Crippen molar-refractivity contribution < 1.29 is 9.15 Å². The minimum Gasteiger partial charge on any atom is -0.439 e. The first-order chi connectivity index (χ1) is 8.20. The van der Waals surface area contributed by atoms with Gasteiger partial charge in [0.05, 0.1) is 6.04 Å². The van der Waals surface area contributed by atoms with Gasteiger partial charge in [0.15, 0.2) is 5.58 Å². The molecule has 0 fully saturated rings. The molecule has 0 saturated heterocycles. The number of rotatable bonds is 5. The predicted octanol–water partition coefficient (Wildman–Crippen LogP) is 2.91. The molecule has 1 heterocycles. The van der Waals surface area contributed by atoms with E-state index in [0.29, 0.717) is 23.1 Å². The van der Waals surface area contributed by atoms with Crippen LogP contribution in [0, 0.1) is 0 Å². The Balaban J connectivity index is 2.12. The smallest absolute Gasteiger partial charge is 0.212 e. The second-order valence-electron chi connectivity index (χ2n) is 3.91. The van der Waals surface area contributed by atoms with Crippen LogP contribution in [0.5, 0.6) is 0 Å². The largest absolute Gasteiger partial charge is 0.439 e. The zero-order valence-electron chi connectivity index (χ0n) is 9.65. The first-order valence-corrected chi connectivity index (χ1v) is 5.89. The maximum absolute atomic E-state index is 5.99. The Kier molecular flexibility index (Phi) is 3.99. The monoisotopic (exact) mass is 254 g/mol. The van der Waals surface area contributed by atoms with Crippen molar-refractivity contribution in [2.24, 2.45) is 5.73 Å². The predicted molar refractivity (Wildman–Crippen MR) is 67.1 cm³/mol. The number of hydrogen-bond donors (Lipinski definition) is 1. The minimum absolute atomic E-state index is 0.198. The average Bonchev–Trinajstić information content (AvgIpc) is 2.72. The molecule has 1 aromatic carbocycles. The lowest BCUT2D eigenvalue weighted by Gasteiger charge is -2.05. The van der Waals surface area contributed by atoms with Gasteiger partial charge in [-0.05, 0) is 25.0 Å². The first-order valence-electron chi connectivity index (χ1n) is 5.51. The first kappa shape index (κ1) is 12.4. The van der Waals surface area contributed by atoms with Gasteiger partial charge < -0.3 is 14.9 Å². The summed E-state index contributed by atoms with van der Waals surface area (Å²) in [6, 6.07) is 5.16. The molecule has 92 valence electrons. The van der Waals surface area contributed by atoms with Crippen molar-refractivity contribution in [3.05, 3.63) is 29.1 Å². The Morgan fingerprint density at radius 3 is 3.12 bits per heavy atom. The molecular formula is C12H15ClN2O2. The number of benzene rings is 1. The van der Waals surface area contributed by atoms with Crippen LogP contribution in [0.1, 0.15) is 24.8 Å². The summed E-state index contributed by atoms with van der Waals surface area (Å²) >= 11 is 5.87. The summed E-state index contributed by atoms with van der Waals surface area (Å²) in [5.74, 6) is 0.554. The van der Waals surface area contributed by atoms with Crippen LogP contribution in [0.25, 0.3) is 11.1 Å². The number of nitrogens with zero attached hydrogens (tertiary/aromatic N) is 1. The third kappa shape index (κ3) is 2.97. The molecule has 5 heteroatoms. The van der Waals surface area contributed by atoms with Crippen molar-refractivity contribution >= 4 is 22.7 Å². The van der Waals surface area contributed by atoms with E-state index in [1.807, 2.05) is 6.07 Å². The molecule has 1 atom stereocenters. The molecule has 0 aliphatic heterocycles. The molecule has 0 saturated carbocycles. The van der Waals surface area contributed by atoms with E-state index >= 15 is 0 Å². The van der Waals surface area contributed by atoms with E-state index in [2.05, 4.69) is 4.98 Å². The Morgan fingerprint density at radius 1 is 1.53 bits per heavy atom. The van der Waals surface area contributed by atoms with Gasteiger partial charge in [0.25, 0.3) is 0 Å². The van der Waals surface area contributed by atoms with E-state index in [0.717, 1.165) is 18.4 Å². The summed E-state index contributed by atoms with van der Waals surface area (Å²) in [5, 5.41) is 0.633. The van der Waals surface area contributed by atoms with Gasteiger partial charge in [-0.25, -0.2) is 4.98 Å². The van der Waals surface area contributed by atoms with Crippen LogP contribution >= 0.6 is 11.6 Å². The molecule has 2 rings (SSSR count). The van der Waals surface area contributed by atoms with Gasteiger partial charge in [0.1, 0.15) is 5.52 Å². The van der Waals surface area contributed by atoms with Gasteiger partial charge in [-0.2, -0.15) is 0 Å². The summed E-state index contributed by atoms with van der Waals surface area (Å²) in [7, 11) is 1.67. The SMILES string of the molecule is COCCCC(N)c1nc2ccc(Cl)cc2o1. The highest BCUT2D eigenvalue weighted by Crippen LogP contribution is 2.24. The summed E-state index contributed by atoms with van der Waals surface area (Å²) in [4.78, 5) is 4.34. The summed E-state index contributed by atoms with van der Waals surface area (Å²) in [6.07, 6.45) is 1.67. The molecule has 0 radical (unpaired) electrons. The second-order valence-corrected chi connectivity index (χ2v) is 4.34.